The molecule has 0 spiro atoms. The highest BCUT2D eigenvalue weighted by Gasteiger charge is 2.15. The van der Waals surface area contributed by atoms with E-state index >= 15 is 0 Å². The molecule has 1 atom stereocenters. The van der Waals surface area contributed by atoms with E-state index in [2.05, 4.69) is 10.1 Å². The van der Waals surface area contributed by atoms with Crippen LogP contribution in [0.3, 0.4) is 0 Å². The molecule has 4 nitrogen and oxygen atoms in total. The number of fused-ring (bicyclic) bond motifs is 1. The van der Waals surface area contributed by atoms with Crippen LogP contribution in [0.5, 0.6) is 0 Å². The standard InChI is InChI=1S/C14H17NO3/c1-9(14(16)17-3)15-8-12-10(2)18-13-7-5-4-6-11(12)13/h4-7,9,15H,8H2,1-3H3/t9-/m1/s1. The van der Waals surface area contributed by atoms with E-state index in [4.69, 9.17) is 4.42 Å². The van der Waals surface area contributed by atoms with Crippen LogP contribution in [0.1, 0.15) is 18.2 Å². The van der Waals surface area contributed by atoms with Crippen molar-refractivity contribution >= 4 is 16.9 Å². The van der Waals surface area contributed by atoms with Crippen LogP contribution in [-0.2, 0) is 16.1 Å². The Morgan fingerprint density at radius 1 is 1.44 bits per heavy atom. The maximum absolute atomic E-state index is 11.3. The van der Waals surface area contributed by atoms with Crippen molar-refractivity contribution in [2.45, 2.75) is 26.4 Å². The molecule has 0 radical (unpaired) electrons. The van der Waals surface area contributed by atoms with Crippen molar-refractivity contribution in [1.29, 1.82) is 0 Å². The number of aryl methyl sites for hydroxylation is 1. The number of carbonyl (C=O) groups excluding carboxylic acids is 1. The number of ether oxygens (including phenoxy) is 1. The number of rotatable bonds is 4. The molecule has 0 bridgehead atoms. The van der Waals surface area contributed by atoms with Crippen LogP contribution in [0.2, 0.25) is 0 Å². The molecule has 0 amide bonds. The van der Waals surface area contributed by atoms with Gasteiger partial charge in [0.05, 0.1) is 7.11 Å². The third-order valence-electron chi connectivity index (χ3n) is 3.04. The van der Waals surface area contributed by atoms with Gasteiger partial charge in [0.2, 0.25) is 0 Å². The summed E-state index contributed by atoms with van der Waals surface area (Å²) < 4.78 is 10.3. The van der Waals surface area contributed by atoms with Crippen molar-refractivity contribution in [1.82, 2.24) is 5.32 Å². The number of nitrogens with one attached hydrogen (secondary N) is 1. The lowest BCUT2D eigenvalue weighted by Gasteiger charge is -2.10. The summed E-state index contributed by atoms with van der Waals surface area (Å²) in [6.45, 7) is 4.29. The van der Waals surface area contributed by atoms with Crippen molar-refractivity contribution in [2.75, 3.05) is 7.11 Å². The molecule has 0 saturated carbocycles. The summed E-state index contributed by atoms with van der Waals surface area (Å²) in [5.41, 5.74) is 1.96. The molecule has 0 aliphatic heterocycles. The third kappa shape index (κ3) is 2.38. The molecule has 0 unspecified atom stereocenters. The molecular weight excluding hydrogens is 230 g/mol. The molecule has 1 heterocycles. The van der Waals surface area contributed by atoms with E-state index in [9.17, 15) is 4.79 Å². The van der Waals surface area contributed by atoms with Gasteiger partial charge in [-0.15, -0.1) is 0 Å². The Morgan fingerprint density at radius 3 is 2.89 bits per heavy atom. The predicted octanol–water partition coefficient (Wildman–Crippen LogP) is 2.39. The lowest BCUT2D eigenvalue weighted by atomic mass is 10.1. The molecule has 4 heteroatoms. The number of furan rings is 1. The van der Waals surface area contributed by atoms with Gasteiger partial charge in [0.25, 0.3) is 0 Å². The van der Waals surface area contributed by atoms with Crippen molar-refractivity contribution in [3.63, 3.8) is 0 Å². The number of hydrogen-bond acceptors (Lipinski definition) is 4. The van der Waals surface area contributed by atoms with Gasteiger partial charge in [-0.1, -0.05) is 18.2 Å². The van der Waals surface area contributed by atoms with Gasteiger partial charge in [-0.25, -0.2) is 0 Å². The van der Waals surface area contributed by atoms with Crippen LogP contribution in [0.4, 0.5) is 0 Å². The summed E-state index contributed by atoms with van der Waals surface area (Å²) in [5, 5.41) is 4.22. The first-order valence-corrected chi connectivity index (χ1v) is 5.91. The van der Waals surface area contributed by atoms with Gasteiger partial charge in [-0.2, -0.15) is 0 Å². The molecular formula is C14H17NO3. The molecule has 0 aliphatic carbocycles. The highest BCUT2D eigenvalue weighted by molar-refractivity contribution is 5.82. The van der Waals surface area contributed by atoms with Crippen LogP contribution in [-0.4, -0.2) is 19.1 Å². The molecule has 1 N–H and O–H groups in total. The van der Waals surface area contributed by atoms with E-state index in [0.717, 1.165) is 22.3 Å². The van der Waals surface area contributed by atoms with E-state index in [-0.39, 0.29) is 12.0 Å². The highest BCUT2D eigenvalue weighted by Crippen LogP contribution is 2.24. The zero-order valence-corrected chi connectivity index (χ0v) is 10.8. The van der Waals surface area contributed by atoms with Gasteiger partial charge < -0.3 is 14.5 Å². The number of hydrogen-bond donors (Lipinski definition) is 1. The van der Waals surface area contributed by atoms with E-state index in [1.165, 1.54) is 7.11 Å². The number of esters is 1. The minimum atomic E-state index is -0.330. The van der Waals surface area contributed by atoms with E-state index in [0.29, 0.717) is 6.54 Å². The number of methoxy groups -OCH3 is 1. The van der Waals surface area contributed by atoms with Gasteiger partial charge in [-0.05, 0) is 19.9 Å². The third-order valence-corrected chi connectivity index (χ3v) is 3.04. The van der Waals surface area contributed by atoms with Crippen molar-refractivity contribution in [3.8, 4) is 0 Å². The quantitative estimate of drug-likeness (QED) is 0.843. The van der Waals surface area contributed by atoms with Crippen molar-refractivity contribution < 1.29 is 13.9 Å². The first-order valence-electron chi connectivity index (χ1n) is 5.91. The maximum atomic E-state index is 11.3. The monoisotopic (exact) mass is 247 g/mol. The lowest BCUT2D eigenvalue weighted by Crippen LogP contribution is -2.34. The number of carbonyl (C=O) groups is 1. The van der Waals surface area contributed by atoms with Gasteiger partial charge in [0.15, 0.2) is 0 Å². The lowest BCUT2D eigenvalue weighted by molar-refractivity contribution is -0.142. The topological polar surface area (TPSA) is 51.5 Å². The summed E-state index contributed by atoms with van der Waals surface area (Å²) >= 11 is 0. The van der Waals surface area contributed by atoms with Gasteiger partial charge in [0, 0.05) is 17.5 Å². The second-order valence-electron chi connectivity index (χ2n) is 4.26. The number of para-hydroxylation sites is 1. The average Bonchev–Trinajstić information content (AvgIpc) is 2.70. The van der Waals surface area contributed by atoms with Crippen molar-refractivity contribution in [3.05, 3.63) is 35.6 Å². The number of benzene rings is 1. The van der Waals surface area contributed by atoms with Gasteiger partial charge >= 0.3 is 5.97 Å². The zero-order chi connectivity index (χ0) is 13.1. The summed E-state index contributed by atoms with van der Waals surface area (Å²) in [6.07, 6.45) is 0. The Morgan fingerprint density at radius 2 is 2.17 bits per heavy atom. The van der Waals surface area contributed by atoms with Crippen LogP contribution >= 0.6 is 0 Å². The first kappa shape index (κ1) is 12.6. The fraction of sp³-hybridized carbons (Fsp3) is 0.357. The molecule has 96 valence electrons. The highest BCUT2D eigenvalue weighted by atomic mass is 16.5. The Bertz CT molecular complexity index is 559. The zero-order valence-electron chi connectivity index (χ0n) is 10.8. The molecule has 0 saturated heterocycles. The van der Waals surface area contributed by atoms with E-state index in [1.807, 2.05) is 31.2 Å². The largest absolute Gasteiger partial charge is 0.468 e. The minimum absolute atomic E-state index is 0.263. The SMILES string of the molecule is COC(=O)[C@@H](C)NCc1c(C)oc2ccccc12. The minimum Gasteiger partial charge on any atom is -0.468 e. The fourth-order valence-corrected chi connectivity index (χ4v) is 1.96. The Labute approximate surface area is 106 Å². The molecule has 1 aromatic heterocycles. The van der Waals surface area contributed by atoms with Crippen LogP contribution < -0.4 is 5.32 Å². The molecule has 0 aliphatic rings. The van der Waals surface area contributed by atoms with E-state index in [1.54, 1.807) is 6.92 Å². The first-order chi connectivity index (χ1) is 8.63. The second kappa shape index (κ2) is 5.23. The fourth-order valence-electron chi connectivity index (χ4n) is 1.96. The molecule has 2 aromatic rings. The van der Waals surface area contributed by atoms with Crippen LogP contribution in [0.15, 0.2) is 28.7 Å². The average molecular weight is 247 g/mol. The molecule has 2 rings (SSSR count). The normalized spacial score (nSPS) is 12.6. The van der Waals surface area contributed by atoms with Gasteiger partial charge in [0.1, 0.15) is 17.4 Å². The maximum Gasteiger partial charge on any atom is 0.322 e. The van der Waals surface area contributed by atoms with E-state index < -0.39 is 0 Å². The summed E-state index contributed by atoms with van der Waals surface area (Å²) in [4.78, 5) is 11.3. The Balaban J connectivity index is 2.17. The molecule has 1 aromatic carbocycles. The summed E-state index contributed by atoms with van der Waals surface area (Å²) in [5.74, 6) is 0.612. The summed E-state index contributed by atoms with van der Waals surface area (Å²) in [7, 11) is 1.39. The Hall–Kier alpha value is -1.81. The smallest absolute Gasteiger partial charge is 0.322 e. The van der Waals surface area contributed by atoms with Crippen LogP contribution in [0.25, 0.3) is 11.0 Å². The van der Waals surface area contributed by atoms with Crippen LogP contribution in [0, 0.1) is 6.92 Å². The molecule has 0 fully saturated rings. The predicted molar refractivity (Wildman–Crippen MR) is 69.3 cm³/mol. The summed E-state index contributed by atoms with van der Waals surface area (Å²) in [6, 6.07) is 7.55. The van der Waals surface area contributed by atoms with Gasteiger partial charge in [-0.3, -0.25) is 4.79 Å². The van der Waals surface area contributed by atoms with Crippen molar-refractivity contribution in [2.24, 2.45) is 0 Å². The molecule has 18 heavy (non-hydrogen) atoms. The Kier molecular flexibility index (Phi) is 3.67. The second-order valence-corrected chi connectivity index (χ2v) is 4.26.